The third kappa shape index (κ3) is 3.77. The molecule has 0 radical (unpaired) electrons. The Morgan fingerprint density at radius 3 is 2.55 bits per heavy atom. The van der Waals surface area contributed by atoms with Crippen LogP contribution in [0.2, 0.25) is 0 Å². The smallest absolute Gasteiger partial charge is 0.115 e. The Balaban J connectivity index is 1.58. The van der Waals surface area contributed by atoms with Gasteiger partial charge in [0.2, 0.25) is 0 Å². The summed E-state index contributed by atoms with van der Waals surface area (Å²) in [7, 11) is -2.06. The molecule has 2 fully saturated rings. The molecule has 0 amide bonds. The van der Waals surface area contributed by atoms with Gasteiger partial charge in [0.25, 0.3) is 0 Å². The van der Waals surface area contributed by atoms with Crippen LogP contribution in [0.1, 0.15) is 52.4 Å². The van der Waals surface area contributed by atoms with E-state index in [1.165, 1.54) is 25.7 Å². The van der Waals surface area contributed by atoms with E-state index in [0.717, 1.165) is 48.6 Å². The molecule has 3 rings (SSSR count). The average molecular weight is 319 g/mol. The number of hydrogen-bond acceptors (Lipinski definition) is 2. The van der Waals surface area contributed by atoms with Gasteiger partial charge in [0.05, 0.1) is 0 Å². The van der Waals surface area contributed by atoms with Crippen LogP contribution in [0.15, 0.2) is 24.3 Å². The second-order valence-corrected chi connectivity index (χ2v) is 11.3. The number of hydrogen-bond donors (Lipinski definition) is 1. The number of anilines is 1. The fraction of sp³-hybridized carbons (Fsp3) is 0.684. The zero-order chi connectivity index (χ0) is 15.6. The van der Waals surface area contributed by atoms with Gasteiger partial charge in [0, 0.05) is 29.9 Å². The van der Waals surface area contributed by atoms with Gasteiger partial charge < -0.3 is 9.88 Å². The second kappa shape index (κ2) is 6.40. The summed E-state index contributed by atoms with van der Waals surface area (Å²) in [5, 5.41) is 4.70. The third-order valence-electron chi connectivity index (χ3n) is 5.66. The van der Waals surface area contributed by atoms with Crippen LogP contribution in [0.5, 0.6) is 0 Å². The van der Waals surface area contributed by atoms with Gasteiger partial charge in [-0.05, 0) is 62.0 Å². The van der Waals surface area contributed by atoms with E-state index in [1.54, 1.807) is 0 Å². The molecule has 0 unspecified atom stereocenters. The van der Waals surface area contributed by atoms with E-state index >= 15 is 0 Å². The molecule has 3 heteroatoms. The number of rotatable bonds is 4. The topological polar surface area (TPSA) is 29.1 Å². The summed E-state index contributed by atoms with van der Waals surface area (Å²) in [6, 6.07) is 8.41. The zero-order valence-electron chi connectivity index (χ0n) is 14.1. The third-order valence-corrected chi connectivity index (χ3v) is 8.96. The van der Waals surface area contributed by atoms with Crippen LogP contribution >= 0.6 is 7.14 Å². The van der Waals surface area contributed by atoms with Crippen molar-refractivity contribution in [3.63, 3.8) is 0 Å². The predicted molar refractivity (Wildman–Crippen MR) is 96.9 cm³/mol. The summed E-state index contributed by atoms with van der Waals surface area (Å²) < 4.78 is 12.9. The van der Waals surface area contributed by atoms with Crippen LogP contribution in [0.3, 0.4) is 0 Å². The molecule has 1 saturated heterocycles. The lowest BCUT2D eigenvalue weighted by Gasteiger charge is -2.34. The van der Waals surface area contributed by atoms with Gasteiger partial charge in [-0.25, -0.2) is 0 Å². The first-order valence-corrected chi connectivity index (χ1v) is 11.0. The zero-order valence-corrected chi connectivity index (χ0v) is 15.0. The predicted octanol–water partition coefficient (Wildman–Crippen LogP) is 5.10. The summed E-state index contributed by atoms with van der Waals surface area (Å²) in [5.74, 6) is 0.791. The molecular formula is C19H30NOP. The normalized spacial score (nSPS) is 24.3. The van der Waals surface area contributed by atoms with Gasteiger partial charge >= 0.3 is 0 Å². The molecule has 2 aliphatic rings. The van der Waals surface area contributed by atoms with E-state index in [1.807, 2.05) is 0 Å². The van der Waals surface area contributed by atoms with Gasteiger partial charge in [-0.2, -0.15) is 0 Å². The molecular weight excluding hydrogens is 289 g/mol. The van der Waals surface area contributed by atoms with Crippen LogP contribution in [0.4, 0.5) is 5.69 Å². The molecule has 2 nitrogen and oxygen atoms in total. The lowest BCUT2D eigenvalue weighted by Crippen LogP contribution is -2.25. The fourth-order valence-electron chi connectivity index (χ4n) is 3.90. The minimum atomic E-state index is -2.06. The second-order valence-electron chi connectivity index (χ2n) is 8.08. The van der Waals surface area contributed by atoms with Crippen molar-refractivity contribution in [1.82, 2.24) is 0 Å². The standard InChI is InChI=1S/C19H30NOP/c1-19(2)10-8-16(9-11-19)15-20-17-6-5-7-18(14-17)22(21)12-3-4-13-22/h5-7,14,16,20H,3-4,8-13,15H2,1-2H3. The molecule has 22 heavy (non-hydrogen) atoms. The molecule has 0 bridgehead atoms. The van der Waals surface area contributed by atoms with E-state index < -0.39 is 7.14 Å². The highest BCUT2D eigenvalue weighted by Gasteiger charge is 2.29. The average Bonchev–Trinajstić information content (AvgIpc) is 2.95. The monoisotopic (exact) mass is 319 g/mol. The van der Waals surface area contributed by atoms with Gasteiger partial charge in [-0.3, -0.25) is 0 Å². The van der Waals surface area contributed by atoms with Crippen LogP contribution in [-0.4, -0.2) is 18.9 Å². The highest BCUT2D eigenvalue weighted by molar-refractivity contribution is 7.71. The van der Waals surface area contributed by atoms with Crippen molar-refractivity contribution in [3.05, 3.63) is 24.3 Å². The molecule has 1 saturated carbocycles. The molecule has 0 atom stereocenters. The van der Waals surface area contributed by atoms with Crippen molar-refractivity contribution in [1.29, 1.82) is 0 Å². The maximum atomic E-state index is 12.9. The van der Waals surface area contributed by atoms with E-state index in [9.17, 15) is 4.57 Å². The van der Waals surface area contributed by atoms with E-state index in [0.29, 0.717) is 5.41 Å². The lowest BCUT2D eigenvalue weighted by atomic mass is 9.73. The van der Waals surface area contributed by atoms with Gasteiger partial charge in [0.15, 0.2) is 0 Å². The number of benzene rings is 1. The van der Waals surface area contributed by atoms with E-state index in [2.05, 4.69) is 43.4 Å². The van der Waals surface area contributed by atoms with Crippen molar-refractivity contribution in [2.24, 2.45) is 11.3 Å². The number of nitrogens with one attached hydrogen (secondary N) is 1. The molecule has 0 spiro atoms. The van der Waals surface area contributed by atoms with Crippen molar-refractivity contribution in [2.75, 3.05) is 24.2 Å². The first-order valence-electron chi connectivity index (χ1n) is 8.90. The molecule has 1 heterocycles. The Labute approximate surface area is 135 Å². The lowest BCUT2D eigenvalue weighted by molar-refractivity contribution is 0.197. The summed E-state index contributed by atoms with van der Waals surface area (Å²) >= 11 is 0. The van der Waals surface area contributed by atoms with Gasteiger partial charge in [-0.1, -0.05) is 26.0 Å². The molecule has 1 aromatic carbocycles. The van der Waals surface area contributed by atoms with Crippen LogP contribution < -0.4 is 10.6 Å². The molecule has 1 N–H and O–H groups in total. The molecule has 1 aromatic rings. The summed E-state index contributed by atoms with van der Waals surface area (Å²) in [6.07, 6.45) is 9.43. The maximum Gasteiger partial charge on any atom is 0.115 e. The van der Waals surface area contributed by atoms with Crippen molar-refractivity contribution >= 4 is 18.1 Å². The minimum Gasteiger partial charge on any atom is -0.385 e. The quantitative estimate of drug-likeness (QED) is 0.783. The highest BCUT2D eigenvalue weighted by atomic mass is 31.2. The van der Waals surface area contributed by atoms with Crippen LogP contribution in [-0.2, 0) is 4.57 Å². The van der Waals surface area contributed by atoms with Crippen molar-refractivity contribution < 1.29 is 4.57 Å². The SMILES string of the molecule is CC1(C)CCC(CNc2cccc(P3(=O)CCCC3)c2)CC1. The molecule has 1 aliphatic heterocycles. The fourth-order valence-corrected chi connectivity index (χ4v) is 6.84. The molecule has 0 aromatic heterocycles. The highest BCUT2D eigenvalue weighted by Crippen LogP contribution is 2.51. The largest absolute Gasteiger partial charge is 0.385 e. The van der Waals surface area contributed by atoms with E-state index in [-0.39, 0.29) is 0 Å². The Bertz CT molecular complexity index is 546. The van der Waals surface area contributed by atoms with Gasteiger partial charge in [-0.15, -0.1) is 0 Å². The Kier molecular flexibility index (Phi) is 4.69. The van der Waals surface area contributed by atoms with E-state index in [4.69, 9.17) is 0 Å². The first kappa shape index (κ1) is 16.1. The summed E-state index contributed by atoms with van der Waals surface area (Å²) in [5.41, 5.74) is 1.70. The van der Waals surface area contributed by atoms with Gasteiger partial charge in [0.1, 0.15) is 7.14 Å². The van der Waals surface area contributed by atoms with Crippen molar-refractivity contribution in [2.45, 2.75) is 52.4 Å². The molecule has 122 valence electrons. The Morgan fingerprint density at radius 1 is 1.18 bits per heavy atom. The van der Waals surface area contributed by atoms with Crippen LogP contribution in [0.25, 0.3) is 0 Å². The Hall–Kier alpha value is -0.750. The Morgan fingerprint density at radius 2 is 1.86 bits per heavy atom. The molecule has 1 aliphatic carbocycles. The van der Waals surface area contributed by atoms with Crippen LogP contribution in [0, 0.1) is 11.3 Å². The summed E-state index contributed by atoms with van der Waals surface area (Å²) in [4.78, 5) is 0. The minimum absolute atomic E-state index is 0.540. The van der Waals surface area contributed by atoms with Crippen molar-refractivity contribution in [3.8, 4) is 0 Å². The first-order chi connectivity index (χ1) is 10.5. The summed E-state index contributed by atoms with van der Waals surface area (Å²) in [6.45, 7) is 5.84. The maximum absolute atomic E-state index is 12.9.